The molecule has 0 radical (unpaired) electrons. The number of hydrogen-bond acceptors (Lipinski definition) is 5. The normalized spacial score (nSPS) is 13.3. The largest absolute Gasteiger partial charge is 0.432 e. The van der Waals surface area contributed by atoms with Gasteiger partial charge < -0.3 is 10.6 Å². The van der Waals surface area contributed by atoms with Crippen LogP contribution in [0.3, 0.4) is 0 Å². The monoisotopic (exact) mass is 602 g/mol. The van der Waals surface area contributed by atoms with Crippen molar-refractivity contribution in [1.29, 1.82) is 0 Å². The van der Waals surface area contributed by atoms with Crippen LogP contribution < -0.4 is 15.7 Å². The molecule has 0 unspecified atom stereocenters. The van der Waals surface area contributed by atoms with E-state index in [2.05, 4.69) is 33.9 Å². The summed E-state index contributed by atoms with van der Waals surface area (Å²) in [6.07, 6.45) is 3.64. The standard InChI is InChI=1S/C32H32ClN4O4P/c1-3-40-42(39,41-4-2)37-27-14-10-21-6-8-23-17-22-7-5-20-9-13-26(18-28(20)30(22)36-31(23)29(21)19-27)35-32(38)34-25-15-11-24(33)12-16-25/h9-19H,3-8H2,1-2H3,(H,37,39)(H2,34,35,38). The van der Waals surface area contributed by atoms with Gasteiger partial charge in [0.05, 0.1) is 24.6 Å². The number of aromatic nitrogens is 1. The van der Waals surface area contributed by atoms with Crippen LogP contribution in [-0.2, 0) is 39.3 Å². The van der Waals surface area contributed by atoms with Crippen LogP contribution in [0.25, 0.3) is 22.5 Å². The number of pyridine rings is 1. The maximum absolute atomic E-state index is 13.1. The van der Waals surface area contributed by atoms with E-state index in [1.807, 2.05) is 24.3 Å². The molecule has 2 amide bonds. The maximum Gasteiger partial charge on any atom is 0.432 e. The van der Waals surface area contributed by atoms with Crippen molar-refractivity contribution in [2.24, 2.45) is 0 Å². The number of carbonyl (C=O) groups excluding carboxylic acids is 1. The molecule has 10 heteroatoms. The fourth-order valence-corrected chi connectivity index (χ4v) is 7.06. The van der Waals surface area contributed by atoms with Crippen LogP contribution in [0.4, 0.5) is 21.9 Å². The number of urea groups is 1. The molecule has 42 heavy (non-hydrogen) atoms. The van der Waals surface area contributed by atoms with Gasteiger partial charge >= 0.3 is 13.8 Å². The second kappa shape index (κ2) is 11.9. The van der Waals surface area contributed by atoms with Crippen molar-refractivity contribution in [3.05, 3.63) is 94.0 Å². The summed E-state index contributed by atoms with van der Waals surface area (Å²) < 4.78 is 24.0. The van der Waals surface area contributed by atoms with E-state index < -0.39 is 7.75 Å². The zero-order valence-corrected chi connectivity index (χ0v) is 25.1. The highest BCUT2D eigenvalue weighted by Gasteiger charge is 2.27. The minimum absolute atomic E-state index is 0.269. The first kappa shape index (κ1) is 28.4. The maximum atomic E-state index is 13.1. The number of benzene rings is 3. The lowest BCUT2D eigenvalue weighted by Gasteiger charge is -2.26. The van der Waals surface area contributed by atoms with Crippen LogP contribution in [-0.4, -0.2) is 24.2 Å². The molecule has 0 bridgehead atoms. The fraction of sp³-hybridized carbons (Fsp3) is 0.250. The van der Waals surface area contributed by atoms with E-state index in [-0.39, 0.29) is 19.2 Å². The van der Waals surface area contributed by atoms with Crippen molar-refractivity contribution in [3.63, 3.8) is 0 Å². The average molecular weight is 603 g/mol. The predicted molar refractivity (Wildman–Crippen MR) is 168 cm³/mol. The molecule has 4 aromatic rings. The van der Waals surface area contributed by atoms with Crippen molar-refractivity contribution in [2.45, 2.75) is 39.5 Å². The fourth-order valence-electron chi connectivity index (χ4n) is 5.59. The molecule has 0 saturated carbocycles. The van der Waals surface area contributed by atoms with E-state index in [1.54, 1.807) is 38.1 Å². The smallest absolute Gasteiger partial charge is 0.308 e. The lowest BCUT2D eigenvalue weighted by atomic mass is 9.83. The quantitative estimate of drug-likeness (QED) is 0.175. The highest BCUT2D eigenvalue weighted by Crippen LogP contribution is 2.49. The Morgan fingerprint density at radius 1 is 0.738 bits per heavy atom. The number of aryl methyl sites for hydroxylation is 4. The predicted octanol–water partition coefficient (Wildman–Crippen LogP) is 8.50. The summed E-state index contributed by atoms with van der Waals surface area (Å²) in [4.78, 5) is 18.0. The summed E-state index contributed by atoms with van der Waals surface area (Å²) in [7, 11) is -3.48. The summed E-state index contributed by atoms with van der Waals surface area (Å²) in [6, 6.07) is 20.8. The first-order valence-corrected chi connectivity index (χ1v) is 16.1. The molecular weight excluding hydrogens is 571 g/mol. The van der Waals surface area contributed by atoms with E-state index in [4.69, 9.17) is 25.6 Å². The van der Waals surface area contributed by atoms with E-state index in [1.165, 1.54) is 22.3 Å². The Morgan fingerprint density at radius 3 is 1.83 bits per heavy atom. The lowest BCUT2D eigenvalue weighted by Crippen LogP contribution is -2.19. The van der Waals surface area contributed by atoms with Gasteiger partial charge in [-0.05, 0) is 110 Å². The third-order valence-corrected chi connectivity index (χ3v) is 9.44. The third-order valence-electron chi connectivity index (χ3n) is 7.46. The molecule has 1 aromatic heterocycles. The number of hydrogen-bond donors (Lipinski definition) is 3. The van der Waals surface area contributed by atoms with Gasteiger partial charge in [-0.25, -0.2) is 14.3 Å². The molecule has 3 aromatic carbocycles. The van der Waals surface area contributed by atoms with Crippen LogP contribution in [0.1, 0.15) is 36.1 Å². The van der Waals surface area contributed by atoms with Crippen molar-refractivity contribution in [3.8, 4) is 22.5 Å². The first-order chi connectivity index (χ1) is 20.3. The van der Waals surface area contributed by atoms with Gasteiger partial charge in [0.25, 0.3) is 0 Å². The van der Waals surface area contributed by atoms with Gasteiger partial charge in [0.1, 0.15) is 0 Å². The molecule has 2 aliphatic carbocycles. The molecule has 0 spiro atoms. The van der Waals surface area contributed by atoms with E-state index >= 15 is 0 Å². The zero-order valence-electron chi connectivity index (χ0n) is 23.5. The first-order valence-electron chi connectivity index (χ1n) is 14.1. The van der Waals surface area contributed by atoms with E-state index in [9.17, 15) is 9.36 Å². The minimum atomic E-state index is -3.48. The molecule has 2 aliphatic rings. The SMILES string of the molecule is CCOP(=O)(Nc1ccc2c(c1)-c1nc3c(cc1CC2)CCc1ccc(NC(=O)Nc2ccc(Cl)cc2)cc1-3)OCC. The Bertz CT molecular complexity index is 1700. The third kappa shape index (κ3) is 5.94. The van der Waals surface area contributed by atoms with Gasteiger partial charge in [-0.2, -0.15) is 0 Å². The second-order valence-corrected chi connectivity index (χ2v) is 12.4. The molecule has 0 aliphatic heterocycles. The molecule has 6 rings (SSSR count). The summed E-state index contributed by atoms with van der Waals surface area (Å²) in [6.45, 7) is 4.11. The number of anilines is 3. The zero-order chi connectivity index (χ0) is 29.3. The highest BCUT2D eigenvalue weighted by atomic mass is 35.5. The molecular formula is C32H32ClN4O4P. The van der Waals surface area contributed by atoms with Gasteiger partial charge in [-0.15, -0.1) is 0 Å². The summed E-state index contributed by atoms with van der Waals surface area (Å²) in [5.74, 6) is 0. The Kier molecular flexibility index (Phi) is 8.06. The average Bonchev–Trinajstić information content (AvgIpc) is 2.97. The number of nitrogens with zero attached hydrogens (tertiary/aromatic N) is 1. The van der Waals surface area contributed by atoms with Crippen molar-refractivity contribution in [2.75, 3.05) is 28.9 Å². The molecule has 1 heterocycles. The van der Waals surface area contributed by atoms with Gasteiger partial charge in [-0.1, -0.05) is 29.8 Å². The number of halogens is 1. The van der Waals surface area contributed by atoms with Crippen LogP contribution in [0, 0.1) is 0 Å². The number of amides is 2. The Morgan fingerprint density at radius 2 is 1.24 bits per heavy atom. The van der Waals surface area contributed by atoms with Gasteiger partial charge in [0, 0.05) is 33.2 Å². The van der Waals surface area contributed by atoms with Crippen LogP contribution in [0.5, 0.6) is 0 Å². The molecule has 216 valence electrons. The van der Waals surface area contributed by atoms with Crippen LogP contribution in [0.15, 0.2) is 66.7 Å². The van der Waals surface area contributed by atoms with Gasteiger partial charge in [0.15, 0.2) is 0 Å². The molecule has 0 fully saturated rings. The molecule has 0 atom stereocenters. The van der Waals surface area contributed by atoms with E-state index in [0.29, 0.717) is 22.1 Å². The molecule has 0 saturated heterocycles. The number of nitrogens with one attached hydrogen (secondary N) is 3. The van der Waals surface area contributed by atoms with Gasteiger partial charge in [0.2, 0.25) is 0 Å². The topological polar surface area (TPSA) is 102 Å². The number of carbonyl (C=O) groups is 1. The Hall–Kier alpha value is -3.68. The molecule has 3 N–H and O–H groups in total. The molecule has 8 nitrogen and oxygen atoms in total. The van der Waals surface area contributed by atoms with Crippen molar-refractivity contribution < 1.29 is 18.4 Å². The van der Waals surface area contributed by atoms with Crippen LogP contribution in [0.2, 0.25) is 5.02 Å². The van der Waals surface area contributed by atoms with Gasteiger partial charge in [-0.3, -0.25) is 14.1 Å². The second-order valence-electron chi connectivity index (χ2n) is 10.3. The minimum Gasteiger partial charge on any atom is -0.308 e. The number of fused-ring (bicyclic) bond motifs is 6. The summed E-state index contributed by atoms with van der Waals surface area (Å²) in [5.41, 5.74) is 10.7. The lowest BCUT2D eigenvalue weighted by molar-refractivity contribution is 0.225. The number of rotatable bonds is 8. The van der Waals surface area contributed by atoms with Crippen LogP contribution >= 0.6 is 19.3 Å². The Labute approximate surface area is 250 Å². The van der Waals surface area contributed by atoms with Crippen molar-refractivity contribution >= 4 is 42.4 Å². The van der Waals surface area contributed by atoms with Crippen molar-refractivity contribution in [1.82, 2.24) is 4.98 Å². The Balaban J connectivity index is 1.31. The highest BCUT2D eigenvalue weighted by molar-refractivity contribution is 7.55. The summed E-state index contributed by atoms with van der Waals surface area (Å²) in [5, 5.41) is 9.38. The summed E-state index contributed by atoms with van der Waals surface area (Å²) >= 11 is 5.96. The van der Waals surface area contributed by atoms with E-state index in [0.717, 1.165) is 48.2 Å².